The number of anilines is 2. The van der Waals surface area contributed by atoms with Crippen LogP contribution in [0.5, 0.6) is 0 Å². The van der Waals surface area contributed by atoms with Crippen LogP contribution < -0.4 is 10.2 Å². The van der Waals surface area contributed by atoms with Crippen LogP contribution in [0.25, 0.3) is 0 Å². The first-order valence-electron chi connectivity index (χ1n) is 11.9. The molecule has 0 bridgehead atoms. The van der Waals surface area contributed by atoms with Crippen molar-refractivity contribution in [1.82, 2.24) is 29.7 Å². The summed E-state index contributed by atoms with van der Waals surface area (Å²) in [4.78, 5) is 47.5. The Morgan fingerprint density at radius 1 is 1.20 bits per heavy atom. The molecule has 2 fully saturated rings. The number of aromatic nitrogens is 4. The summed E-state index contributed by atoms with van der Waals surface area (Å²) >= 11 is 0. The van der Waals surface area contributed by atoms with Gasteiger partial charge in [-0.3, -0.25) is 14.6 Å². The molecule has 0 aliphatic carbocycles. The van der Waals surface area contributed by atoms with E-state index in [1.54, 1.807) is 34.5 Å². The van der Waals surface area contributed by atoms with Crippen LogP contribution in [0.4, 0.5) is 16.6 Å². The van der Waals surface area contributed by atoms with Gasteiger partial charge in [0.15, 0.2) is 0 Å². The number of hydrogen-bond donors (Lipinski definition) is 1. The van der Waals surface area contributed by atoms with Crippen molar-refractivity contribution in [2.45, 2.75) is 39.4 Å². The lowest BCUT2D eigenvalue weighted by atomic mass is 10.0. The fourth-order valence-corrected chi connectivity index (χ4v) is 4.15. The van der Waals surface area contributed by atoms with E-state index in [-0.39, 0.29) is 30.0 Å². The molecule has 2 aliphatic rings. The monoisotopic (exact) mass is 480 g/mol. The molecule has 0 spiro atoms. The second kappa shape index (κ2) is 10.8. The number of cyclic esters (lactones) is 1. The first-order chi connectivity index (χ1) is 16.9. The number of amides is 2. The van der Waals surface area contributed by atoms with Gasteiger partial charge in [-0.1, -0.05) is 20.4 Å². The highest BCUT2D eigenvalue weighted by Gasteiger charge is 2.37. The fourth-order valence-electron chi connectivity index (χ4n) is 4.15. The molecular weight excluding hydrogens is 448 g/mol. The van der Waals surface area contributed by atoms with Gasteiger partial charge in [-0.25, -0.2) is 19.7 Å². The van der Waals surface area contributed by atoms with E-state index in [1.807, 2.05) is 6.92 Å². The van der Waals surface area contributed by atoms with E-state index in [0.29, 0.717) is 38.0 Å². The Balaban J connectivity index is 1.35. The van der Waals surface area contributed by atoms with Gasteiger partial charge >= 0.3 is 6.09 Å². The molecule has 2 aliphatic heterocycles. The molecule has 35 heavy (non-hydrogen) atoms. The normalized spacial score (nSPS) is 19.5. The van der Waals surface area contributed by atoms with Crippen molar-refractivity contribution in [3.63, 3.8) is 0 Å². The highest BCUT2D eigenvalue weighted by Crippen LogP contribution is 2.26. The molecule has 186 valence electrons. The van der Waals surface area contributed by atoms with Gasteiger partial charge in [0.2, 0.25) is 11.9 Å². The third-order valence-corrected chi connectivity index (χ3v) is 6.36. The van der Waals surface area contributed by atoms with Crippen molar-refractivity contribution in [3.8, 4) is 0 Å². The standard InChI is InChI=1S/C24H32N8O3/c1-5-22(33)31-10-8-30(9-11-31)14-20-26-12-18(13-27-20)17(4)28-23-25-7-6-21(29-23)32-19(16(2)3)15-35-24(32)34/h5-7,12-13,16-17,19H,1,8-11,14-15H2,2-4H3,(H,25,28,29)/t17-,19+/m0/s1. The Morgan fingerprint density at radius 2 is 1.91 bits per heavy atom. The molecule has 2 atom stereocenters. The molecule has 0 aromatic carbocycles. The maximum Gasteiger partial charge on any atom is 0.415 e. The second-order valence-corrected chi connectivity index (χ2v) is 9.10. The molecule has 2 amide bonds. The quantitative estimate of drug-likeness (QED) is 0.568. The third kappa shape index (κ3) is 5.73. The Kier molecular flexibility index (Phi) is 7.54. The predicted octanol–water partition coefficient (Wildman–Crippen LogP) is 2.25. The van der Waals surface area contributed by atoms with Crippen LogP contribution in [0.3, 0.4) is 0 Å². The SMILES string of the molecule is C=CC(=O)N1CCN(Cc2ncc([C@H](C)Nc3nccc(N4C(=O)OC[C@@H]4C(C)C)n3)cn2)CC1. The minimum Gasteiger partial charge on any atom is -0.447 e. The topological polar surface area (TPSA) is 117 Å². The van der Waals surface area contributed by atoms with Gasteiger partial charge < -0.3 is 15.0 Å². The van der Waals surface area contributed by atoms with Gasteiger partial charge in [0.1, 0.15) is 18.2 Å². The van der Waals surface area contributed by atoms with E-state index in [1.165, 1.54) is 6.08 Å². The molecule has 11 nitrogen and oxygen atoms in total. The average Bonchev–Trinajstić information content (AvgIpc) is 3.26. The van der Waals surface area contributed by atoms with E-state index in [9.17, 15) is 9.59 Å². The summed E-state index contributed by atoms with van der Waals surface area (Å²) in [5.74, 6) is 1.86. The molecule has 0 radical (unpaired) electrons. The van der Waals surface area contributed by atoms with Crippen LogP contribution >= 0.6 is 0 Å². The lowest BCUT2D eigenvalue weighted by molar-refractivity contribution is -0.127. The summed E-state index contributed by atoms with van der Waals surface area (Å²) in [5.41, 5.74) is 0.893. The highest BCUT2D eigenvalue weighted by atomic mass is 16.6. The third-order valence-electron chi connectivity index (χ3n) is 6.36. The lowest BCUT2D eigenvalue weighted by Gasteiger charge is -2.33. The number of nitrogens with one attached hydrogen (secondary N) is 1. The molecule has 2 aromatic rings. The maximum atomic E-state index is 12.3. The predicted molar refractivity (Wildman–Crippen MR) is 131 cm³/mol. The molecule has 2 saturated heterocycles. The first-order valence-corrected chi connectivity index (χ1v) is 11.9. The van der Waals surface area contributed by atoms with E-state index in [2.05, 4.69) is 50.6 Å². The van der Waals surface area contributed by atoms with Gasteiger partial charge in [0, 0.05) is 50.3 Å². The van der Waals surface area contributed by atoms with E-state index >= 15 is 0 Å². The number of nitrogens with zero attached hydrogens (tertiary/aromatic N) is 7. The van der Waals surface area contributed by atoms with Gasteiger partial charge in [-0.15, -0.1) is 0 Å². The molecule has 4 heterocycles. The van der Waals surface area contributed by atoms with Crippen molar-refractivity contribution in [1.29, 1.82) is 0 Å². The Hall–Kier alpha value is -3.60. The molecule has 0 saturated carbocycles. The average molecular weight is 481 g/mol. The van der Waals surface area contributed by atoms with Gasteiger partial charge in [0.05, 0.1) is 18.6 Å². The lowest BCUT2D eigenvalue weighted by Crippen LogP contribution is -2.47. The first kappa shape index (κ1) is 24.5. The fraction of sp³-hybridized carbons (Fsp3) is 0.500. The van der Waals surface area contributed by atoms with Crippen LogP contribution in [0.15, 0.2) is 37.3 Å². The number of carbonyl (C=O) groups excluding carboxylic acids is 2. The van der Waals surface area contributed by atoms with E-state index in [4.69, 9.17) is 4.74 Å². The van der Waals surface area contributed by atoms with E-state index in [0.717, 1.165) is 24.5 Å². The Bertz CT molecular complexity index is 1050. The minimum atomic E-state index is -0.390. The molecule has 2 aromatic heterocycles. The number of ether oxygens (including phenoxy) is 1. The summed E-state index contributed by atoms with van der Waals surface area (Å²) in [6.45, 7) is 13.5. The van der Waals surface area contributed by atoms with Gasteiger partial charge in [0.25, 0.3) is 0 Å². The van der Waals surface area contributed by atoms with Gasteiger partial charge in [-0.05, 0) is 25.0 Å². The minimum absolute atomic E-state index is 0.0265. The van der Waals surface area contributed by atoms with Crippen molar-refractivity contribution < 1.29 is 14.3 Å². The smallest absolute Gasteiger partial charge is 0.415 e. The van der Waals surface area contributed by atoms with Crippen molar-refractivity contribution in [3.05, 3.63) is 48.7 Å². The molecular formula is C24H32N8O3. The Labute approximate surface area is 205 Å². The second-order valence-electron chi connectivity index (χ2n) is 9.10. The molecule has 4 rings (SSSR count). The van der Waals surface area contributed by atoms with Crippen molar-refractivity contribution in [2.75, 3.05) is 43.0 Å². The maximum absolute atomic E-state index is 12.3. The summed E-state index contributed by atoms with van der Waals surface area (Å²) < 4.78 is 5.24. The van der Waals surface area contributed by atoms with Crippen LogP contribution in [-0.2, 0) is 16.1 Å². The van der Waals surface area contributed by atoms with Crippen LogP contribution in [0, 0.1) is 5.92 Å². The molecule has 1 N–H and O–H groups in total. The summed E-state index contributed by atoms with van der Waals surface area (Å²) in [7, 11) is 0. The van der Waals surface area contributed by atoms with Crippen LogP contribution in [0.1, 0.15) is 38.2 Å². The van der Waals surface area contributed by atoms with Crippen molar-refractivity contribution in [2.24, 2.45) is 5.92 Å². The highest BCUT2D eigenvalue weighted by molar-refractivity contribution is 5.89. The number of rotatable bonds is 8. The summed E-state index contributed by atoms with van der Waals surface area (Å²) in [6, 6.07) is 1.51. The van der Waals surface area contributed by atoms with Crippen LogP contribution in [0.2, 0.25) is 0 Å². The largest absolute Gasteiger partial charge is 0.447 e. The molecule has 11 heteroatoms. The number of carbonyl (C=O) groups is 2. The van der Waals surface area contributed by atoms with Gasteiger partial charge in [-0.2, -0.15) is 4.98 Å². The Morgan fingerprint density at radius 3 is 2.57 bits per heavy atom. The molecule has 0 unspecified atom stereocenters. The zero-order valence-corrected chi connectivity index (χ0v) is 20.4. The zero-order valence-electron chi connectivity index (χ0n) is 20.4. The van der Waals surface area contributed by atoms with Crippen molar-refractivity contribution >= 4 is 23.8 Å². The summed E-state index contributed by atoms with van der Waals surface area (Å²) in [5, 5.41) is 3.27. The van der Waals surface area contributed by atoms with Crippen LogP contribution in [-0.4, -0.2) is 80.6 Å². The summed E-state index contributed by atoms with van der Waals surface area (Å²) in [6.07, 6.45) is 6.19. The van der Waals surface area contributed by atoms with E-state index < -0.39 is 0 Å². The zero-order chi connectivity index (χ0) is 24.9. The number of hydrogen-bond acceptors (Lipinski definition) is 9. The number of piperazine rings is 1.